The highest BCUT2D eigenvalue weighted by molar-refractivity contribution is 14.1. The van der Waals surface area contributed by atoms with E-state index in [4.69, 9.17) is 4.99 Å². The van der Waals surface area contributed by atoms with Crippen LogP contribution in [0.15, 0.2) is 32.8 Å². The summed E-state index contributed by atoms with van der Waals surface area (Å²) in [5.41, 5.74) is 2.51. The second-order valence-electron chi connectivity index (χ2n) is 6.08. The molecule has 0 amide bonds. The third-order valence-corrected chi connectivity index (χ3v) is 7.13. The number of aliphatic imine (C=N–C) groups is 1. The third-order valence-electron chi connectivity index (χ3n) is 3.45. The smallest absolute Gasteiger partial charge is 0.169 e. The molecule has 2 nitrogen and oxygen atoms in total. The number of nitrogens with zero attached hydrogens (tertiary/aromatic N) is 2. The molecule has 0 fully saturated rings. The van der Waals surface area contributed by atoms with Crippen LogP contribution in [0.1, 0.15) is 40.2 Å². The minimum atomic E-state index is 0.154. The zero-order chi connectivity index (χ0) is 15.6. The molecule has 0 spiro atoms. The SMILES string of the molecule is CCN(CC)C1=Nc2ccccc2/C(=C(\I)C(C)(C)C)S1. The normalized spacial score (nSPS) is 17.1. The predicted octanol–water partition coefficient (Wildman–Crippen LogP) is 5.91. The van der Waals surface area contributed by atoms with Crippen LogP contribution in [0.5, 0.6) is 0 Å². The molecule has 21 heavy (non-hydrogen) atoms. The van der Waals surface area contributed by atoms with Gasteiger partial charge in [-0.1, -0.05) is 50.7 Å². The van der Waals surface area contributed by atoms with E-state index in [2.05, 4.69) is 86.4 Å². The van der Waals surface area contributed by atoms with Crippen LogP contribution >= 0.6 is 34.4 Å². The summed E-state index contributed by atoms with van der Waals surface area (Å²) < 4.78 is 1.40. The number of benzene rings is 1. The average molecular weight is 414 g/mol. The molecule has 0 aromatic heterocycles. The van der Waals surface area contributed by atoms with E-state index in [0.29, 0.717) is 0 Å². The quantitative estimate of drug-likeness (QED) is 0.559. The van der Waals surface area contributed by atoms with E-state index in [1.165, 1.54) is 14.0 Å². The van der Waals surface area contributed by atoms with Crippen molar-refractivity contribution in [2.75, 3.05) is 13.1 Å². The summed E-state index contributed by atoms with van der Waals surface area (Å²) in [7, 11) is 0. The molecular weight excluding hydrogens is 391 g/mol. The number of fused-ring (bicyclic) bond motifs is 1. The van der Waals surface area contributed by atoms with Gasteiger partial charge in [-0.3, -0.25) is 0 Å². The van der Waals surface area contributed by atoms with Crippen LogP contribution in [0, 0.1) is 5.41 Å². The number of amidine groups is 1. The molecule has 4 heteroatoms. The Labute approximate surface area is 146 Å². The highest BCUT2D eigenvalue weighted by Crippen LogP contribution is 2.48. The molecule has 2 rings (SSSR count). The molecule has 1 aromatic rings. The van der Waals surface area contributed by atoms with Crippen LogP contribution in [-0.4, -0.2) is 23.2 Å². The minimum absolute atomic E-state index is 0.154. The van der Waals surface area contributed by atoms with E-state index in [-0.39, 0.29) is 5.41 Å². The lowest BCUT2D eigenvalue weighted by Gasteiger charge is -2.29. The second-order valence-corrected chi connectivity index (χ2v) is 8.14. The van der Waals surface area contributed by atoms with Crippen molar-refractivity contribution in [2.45, 2.75) is 34.6 Å². The van der Waals surface area contributed by atoms with E-state index < -0.39 is 0 Å². The third kappa shape index (κ3) is 3.65. The van der Waals surface area contributed by atoms with Crippen molar-refractivity contribution in [3.8, 4) is 0 Å². The zero-order valence-corrected chi connectivity index (χ0v) is 16.4. The average Bonchev–Trinajstić information content (AvgIpc) is 2.46. The Kier molecular flexibility index (Phi) is 5.41. The maximum Gasteiger partial charge on any atom is 0.169 e. The molecule has 0 unspecified atom stereocenters. The Morgan fingerprint density at radius 1 is 1.19 bits per heavy atom. The molecule has 1 aromatic carbocycles. The molecular formula is C17H23IN2S. The van der Waals surface area contributed by atoms with Crippen molar-refractivity contribution in [3.63, 3.8) is 0 Å². The highest BCUT2D eigenvalue weighted by atomic mass is 127. The Hall–Kier alpha value is -0.490. The van der Waals surface area contributed by atoms with E-state index in [1.807, 2.05) is 11.8 Å². The van der Waals surface area contributed by atoms with Crippen LogP contribution in [-0.2, 0) is 0 Å². The molecule has 0 radical (unpaired) electrons. The number of rotatable bonds is 2. The van der Waals surface area contributed by atoms with Crippen LogP contribution in [0.4, 0.5) is 5.69 Å². The first kappa shape index (κ1) is 16.9. The van der Waals surface area contributed by atoms with Crippen LogP contribution in [0.2, 0.25) is 0 Å². The highest BCUT2D eigenvalue weighted by Gasteiger charge is 2.27. The standard InChI is InChI=1S/C17H23IN2S/c1-6-20(7-2)16-19-13-11-9-8-10-12(13)14(21-16)15(18)17(3,4)5/h8-11H,6-7H2,1-5H3/b15-14+. The first-order valence-corrected chi connectivity index (χ1v) is 9.29. The van der Waals surface area contributed by atoms with Gasteiger partial charge in [0.15, 0.2) is 5.17 Å². The van der Waals surface area contributed by atoms with Crippen molar-refractivity contribution in [3.05, 3.63) is 33.4 Å². The number of halogens is 1. The lowest BCUT2D eigenvalue weighted by Crippen LogP contribution is -2.29. The minimum Gasteiger partial charge on any atom is -0.351 e. The van der Waals surface area contributed by atoms with Gasteiger partial charge in [-0.25, -0.2) is 4.99 Å². The summed E-state index contributed by atoms with van der Waals surface area (Å²) >= 11 is 4.32. The van der Waals surface area contributed by atoms with Gasteiger partial charge in [0.25, 0.3) is 0 Å². The largest absolute Gasteiger partial charge is 0.351 e. The van der Waals surface area contributed by atoms with Crippen LogP contribution in [0.25, 0.3) is 4.91 Å². The molecule has 0 atom stereocenters. The Morgan fingerprint density at radius 3 is 2.38 bits per heavy atom. The van der Waals surface area contributed by atoms with E-state index in [1.54, 1.807) is 0 Å². The number of hydrogen-bond acceptors (Lipinski definition) is 3. The monoisotopic (exact) mass is 414 g/mol. The Bertz CT molecular complexity index is 581. The van der Waals surface area contributed by atoms with E-state index in [9.17, 15) is 0 Å². The van der Waals surface area contributed by atoms with Crippen LogP contribution in [0.3, 0.4) is 0 Å². The van der Waals surface area contributed by atoms with Crippen molar-refractivity contribution >= 4 is 50.1 Å². The molecule has 1 aliphatic rings. The number of hydrogen-bond donors (Lipinski definition) is 0. The van der Waals surface area contributed by atoms with Crippen molar-refractivity contribution < 1.29 is 0 Å². The molecule has 0 N–H and O–H groups in total. The molecule has 114 valence electrons. The van der Waals surface area contributed by atoms with Gasteiger partial charge in [0, 0.05) is 27.1 Å². The van der Waals surface area contributed by atoms with Gasteiger partial charge < -0.3 is 4.90 Å². The van der Waals surface area contributed by atoms with E-state index in [0.717, 1.165) is 23.9 Å². The van der Waals surface area contributed by atoms with Gasteiger partial charge in [-0.15, -0.1) is 0 Å². The van der Waals surface area contributed by atoms with Gasteiger partial charge in [0.1, 0.15) is 0 Å². The van der Waals surface area contributed by atoms with Crippen molar-refractivity contribution in [2.24, 2.45) is 10.4 Å². The maximum absolute atomic E-state index is 4.87. The number of para-hydroxylation sites is 1. The van der Waals surface area contributed by atoms with E-state index >= 15 is 0 Å². The van der Waals surface area contributed by atoms with Gasteiger partial charge >= 0.3 is 0 Å². The lowest BCUT2D eigenvalue weighted by atomic mass is 9.95. The molecule has 0 bridgehead atoms. The fraction of sp³-hybridized carbons (Fsp3) is 0.471. The van der Waals surface area contributed by atoms with Gasteiger partial charge in [0.2, 0.25) is 0 Å². The van der Waals surface area contributed by atoms with Gasteiger partial charge in [-0.05, 0) is 47.9 Å². The molecule has 1 heterocycles. The van der Waals surface area contributed by atoms with Crippen molar-refractivity contribution in [1.29, 1.82) is 0 Å². The Morgan fingerprint density at radius 2 is 1.81 bits per heavy atom. The topological polar surface area (TPSA) is 15.6 Å². The number of thioether (sulfide) groups is 1. The molecule has 0 saturated heterocycles. The molecule has 1 aliphatic heterocycles. The predicted molar refractivity (Wildman–Crippen MR) is 104 cm³/mol. The van der Waals surface area contributed by atoms with Gasteiger partial charge in [-0.2, -0.15) is 0 Å². The summed E-state index contributed by atoms with van der Waals surface area (Å²) in [6.07, 6.45) is 0. The summed E-state index contributed by atoms with van der Waals surface area (Å²) in [6.45, 7) is 13.2. The fourth-order valence-electron chi connectivity index (χ4n) is 2.17. The fourth-order valence-corrected chi connectivity index (χ4v) is 4.18. The first-order chi connectivity index (χ1) is 9.88. The summed E-state index contributed by atoms with van der Waals surface area (Å²) in [4.78, 5) is 8.55. The number of allylic oxidation sites excluding steroid dienone is 1. The zero-order valence-electron chi connectivity index (χ0n) is 13.4. The summed E-state index contributed by atoms with van der Waals surface area (Å²) in [5, 5.41) is 1.12. The summed E-state index contributed by atoms with van der Waals surface area (Å²) in [6, 6.07) is 8.47. The summed E-state index contributed by atoms with van der Waals surface area (Å²) in [5.74, 6) is 0. The molecule has 0 saturated carbocycles. The maximum atomic E-state index is 4.87. The van der Waals surface area contributed by atoms with Crippen LogP contribution < -0.4 is 0 Å². The first-order valence-electron chi connectivity index (χ1n) is 7.39. The Balaban J connectivity index is 2.58. The van der Waals surface area contributed by atoms with Crippen molar-refractivity contribution in [1.82, 2.24) is 4.90 Å². The van der Waals surface area contributed by atoms with Gasteiger partial charge in [0.05, 0.1) is 5.69 Å². The second kappa shape index (κ2) is 6.73. The lowest BCUT2D eigenvalue weighted by molar-refractivity contribution is 0.475. The molecule has 0 aliphatic carbocycles.